The van der Waals surface area contributed by atoms with Gasteiger partial charge in [0.2, 0.25) is 0 Å². The lowest BCUT2D eigenvalue weighted by Gasteiger charge is -2.36. The Balaban J connectivity index is 1.08. The maximum Gasteiger partial charge on any atom is 0.349 e. The van der Waals surface area contributed by atoms with Crippen LogP contribution in [0.1, 0.15) is 40.0 Å². The zero-order valence-electron chi connectivity index (χ0n) is 23.2. The largest absolute Gasteiger partial charge is 0.477 e. The van der Waals surface area contributed by atoms with Gasteiger partial charge in [0.15, 0.2) is 22.2 Å². The first kappa shape index (κ1) is 27.1. The number of aromatic nitrogens is 2. The Kier molecular flexibility index (Phi) is 6.59. The van der Waals surface area contributed by atoms with E-state index >= 15 is 4.39 Å². The molecule has 1 N–H and O–H groups in total. The van der Waals surface area contributed by atoms with Crippen LogP contribution in [0.5, 0.6) is 11.5 Å². The number of carboxylic acid groups (broad SMARTS) is 1. The van der Waals surface area contributed by atoms with Crippen molar-refractivity contribution in [3.8, 4) is 11.5 Å². The molecule has 3 aliphatic heterocycles. The van der Waals surface area contributed by atoms with E-state index in [1.54, 1.807) is 17.6 Å². The van der Waals surface area contributed by atoms with Gasteiger partial charge in [-0.05, 0) is 43.2 Å². The van der Waals surface area contributed by atoms with Gasteiger partial charge in [0.1, 0.15) is 22.0 Å². The summed E-state index contributed by atoms with van der Waals surface area (Å²) in [7, 11) is 0. The predicted octanol–water partition coefficient (Wildman–Crippen LogP) is 5.14. The van der Waals surface area contributed by atoms with Gasteiger partial charge in [-0.25, -0.2) is 18.6 Å². The summed E-state index contributed by atoms with van der Waals surface area (Å²) in [6.07, 6.45) is 0.838. The number of rotatable bonds is 7. The molecular weight excluding hydrogens is 566 g/mol. The summed E-state index contributed by atoms with van der Waals surface area (Å²) < 4.78 is 49.9. The van der Waals surface area contributed by atoms with Gasteiger partial charge < -0.3 is 28.8 Å². The second kappa shape index (κ2) is 10.2. The first-order valence-electron chi connectivity index (χ1n) is 14.0. The number of para-hydroxylation sites is 1. The average molecular weight is 597 g/mol. The molecule has 7 rings (SSSR count). The summed E-state index contributed by atoms with van der Waals surface area (Å²) >= 11 is 0.867. The van der Waals surface area contributed by atoms with Crippen molar-refractivity contribution in [1.29, 1.82) is 0 Å². The second-order valence-electron chi connectivity index (χ2n) is 11.1. The molecule has 0 saturated carbocycles. The topological polar surface area (TPSA) is 89.3 Å². The van der Waals surface area contributed by atoms with E-state index in [1.165, 1.54) is 6.07 Å². The molecule has 2 aromatic heterocycles. The number of halogens is 2. The van der Waals surface area contributed by atoms with Gasteiger partial charge in [-0.15, -0.1) is 11.3 Å². The first-order chi connectivity index (χ1) is 20.2. The number of piperazine rings is 1. The van der Waals surface area contributed by atoms with Gasteiger partial charge in [0.25, 0.3) is 5.79 Å². The van der Waals surface area contributed by atoms with Crippen molar-refractivity contribution in [1.82, 2.24) is 14.5 Å². The van der Waals surface area contributed by atoms with Crippen molar-refractivity contribution >= 4 is 33.3 Å². The van der Waals surface area contributed by atoms with Crippen LogP contribution < -0.4 is 14.4 Å². The number of aromatic carboxylic acids is 1. The first-order valence-corrected chi connectivity index (χ1v) is 14.8. The zero-order valence-corrected chi connectivity index (χ0v) is 24.0. The number of nitrogens with zero attached hydrogens (tertiary/aromatic N) is 4. The van der Waals surface area contributed by atoms with E-state index in [4.69, 9.17) is 14.2 Å². The molecule has 2 saturated heterocycles. The standard InChI is InChI=1S/C30H30F2N4O5S/c1-17-6-7-19(20(31)14-17)30(2)40-22-5-3-4-21(26(22)41-30)35-11-9-34(10-12-35)16-23-33-28-25(24(32)27(42-28)29(37)38)36(23)15-18-8-13-39-18/h3-7,14,18H,8-13,15-16H2,1-2H3,(H,37,38). The summed E-state index contributed by atoms with van der Waals surface area (Å²) in [6.45, 7) is 8.02. The summed E-state index contributed by atoms with van der Waals surface area (Å²) in [4.78, 5) is 20.7. The van der Waals surface area contributed by atoms with E-state index in [0.717, 1.165) is 42.1 Å². The van der Waals surface area contributed by atoms with Crippen LogP contribution in [-0.2, 0) is 23.6 Å². The van der Waals surface area contributed by atoms with E-state index in [-0.39, 0.29) is 22.3 Å². The van der Waals surface area contributed by atoms with Crippen LogP contribution in [0.3, 0.4) is 0 Å². The normalized spacial score (nSPS) is 22.1. The summed E-state index contributed by atoms with van der Waals surface area (Å²) in [6, 6.07) is 10.7. The Morgan fingerprint density at radius 2 is 1.95 bits per heavy atom. The molecular formula is C30H30F2N4O5S. The lowest BCUT2D eigenvalue weighted by atomic mass is 10.0. The quantitative estimate of drug-likeness (QED) is 0.314. The third-order valence-corrected chi connectivity index (χ3v) is 9.28. The van der Waals surface area contributed by atoms with E-state index in [9.17, 15) is 14.3 Å². The molecule has 0 radical (unpaired) electrons. The molecule has 2 fully saturated rings. The molecule has 2 atom stereocenters. The van der Waals surface area contributed by atoms with Crippen molar-refractivity contribution in [3.63, 3.8) is 0 Å². The lowest BCUT2D eigenvalue weighted by molar-refractivity contribution is -0.0705. The van der Waals surface area contributed by atoms with Gasteiger partial charge in [0, 0.05) is 39.7 Å². The van der Waals surface area contributed by atoms with E-state index in [2.05, 4.69) is 14.8 Å². The van der Waals surface area contributed by atoms with Gasteiger partial charge in [-0.1, -0.05) is 12.1 Å². The van der Waals surface area contributed by atoms with Crippen LogP contribution >= 0.6 is 11.3 Å². The highest BCUT2D eigenvalue weighted by atomic mass is 32.1. The molecule has 0 amide bonds. The Hall–Kier alpha value is -3.74. The van der Waals surface area contributed by atoms with Crippen molar-refractivity contribution < 1.29 is 32.9 Å². The third kappa shape index (κ3) is 4.58. The number of benzene rings is 2. The van der Waals surface area contributed by atoms with Crippen molar-refractivity contribution in [2.24, 2.45) is 0 Å². The SMILES string of the molecule is Cc1ccc(C2(C)Oc3cccc(N4CCN(Cc5nc6sc(C(=O)O)c(F)c6n5CC5CCO5)CC4)c3O2)c(F)c1. The Bertz CT molecular complexity index is 1690. The Labute approximate surface area is 244 Å². The summed E-state index contributed by atoms with van der Waals surface area (Å²) in [5, 5.41) is 9.39. The number of aryl methyl sites for hydroxylation is 1. The smallest absolute Gasteiger partial charge is 0.349 e. The molecule has 4 aromatic rings. The van der Waals surface area contributed by atoms with Crippen molar-refractivity contribution in [3.05, 3.63) is 69.9 Å². The average Bonchev–Trinajstić information content (AvgIpc) is 3.56. The second-order valence-corrected chi connectivity index (χ2v) is 12.1. The van der Waals surface area contributed by atoms with Crippen LogP contribution in [0.15, 0.2) is 36.4 Å². The summed E-state index contributed by atoms with van der Waals surface area (Å²) in [5.74, 6) is -1.81. The predicted molar refractivity (Wildman–Crippen MR) is 153 cm³/mol. The molecule has 2 unspecified atom stereocenters. The number of thiophene rings is 1. The van der Waals surface area contributed by atoms with Gasteiger partial charge in [0.05, 0.1) is 30.4 Å². The molecule has 2 aromatic carbocycles. The molecule has 0 aliphatic carbocycles. The lowest BCUT2D eigenvalue weighted by Crippen LogP contribution is -2.46. The van der Waals surface area contributed by atoms with Crippen LogP contribution in [0.2, 0.25) is 0 Å². The minimum atomic E-state index is -1.29. The highest BCUT2D eigenvalue weighted by molar-refractivity contribution is 7.20. The molecule has 9 nitrogen and oxygen atoms in total. The van der Waals surface area contributed by atoms with Gasteiger partial charge in [-0.3, -0.25) is 4.90 Å². The van der Waals surface area contributed by atoms with Crippen molar-refractivity contribution in [2.45, 2.75) is 45.2 Å². The summed E-state index contributed by atoms with van der Waals surface area (Å²) in [5.41, 5.74) is 2.29. The monoisotopic (exact) mass is 596 g/mol. The van der Waals surface area contributed by atoms with Crippen LogP contribution in [0.4, 0.5) is 14.5 Å². The Morgan fingerprint density at radius 3 is 2.64 bits per heavy atom. The third-order valence-electron chi connectivity index (χ3n) is 8.25. The maximum atomic E-state index is 15.1. The van der Waals surface area contributed by atoms with E-state index in [0.29, 0.717) is 60.5 Å². The fourth-order valence-corrected chi connectivity index (χ4v) is 6.82. The molecule has 42 heavy (non-hydrogen) atoms. The minimum absolute atomic E-state index is 0.0351. The van der Waals surface area contributed by atoms with Crippen LogP contribution in [-0.4, -0.2) is 64.4 Å². The van der Waals surface area contributed by atoms with E-state index < -0.39 is 17.6 Å². The molecule has 0 spiro atoms. The molecule has 0 bridgehead atoms. The maximum absolute atomic E-state index is 15.1. The van der Waals surface area contributed by atoms with Crippen molar-refractivity contribution in [2.75, 3.05) is 37.7 Å². The minimum Gasteiger partial charge on any atom is -0.477 e. The molecule has 220 valence electrons. The number of anilines is 1. The highest BCUT2D eigenvalue weighted by Gasteiger charge is 2.43. The number of ether oxygens (including phenoxy) is 3. The molecule has 12 heteroatoms. The number of carboxylic acids is 1. The van der Waals surface area contributed by atoms with Crippen LogP contribution in [0, 0.1) is 18.6 Å². The van der Waals surface area contributed by atoms with Crippen LogP contribution in [0.25, 0.3) is 10.3 Å². The Morgan fingerprint density at radius 1 is 1.17 bits per heavy atom. The number of hydrogen-bond acceptors (Lipinski definition) is 8. The number of carbonyl (C=O) groups is 1. The zero-order chi connectivity index (χ0) is 29.2. The molecule has 3 aliphatic rings. The van der Waals surface area contributed by atoms with Gasteiger partial charge >= 0.3 is 5.97 Å². The van der Waals surface area contributed by atoms with Gasteiger partial charge in [-0.2, -0.15) is 0 Å². The van der Waals surface area contributed by atoms with E-state index in [1.807, 2.05) is 31.2 Å². The highest BCUT2D eigenvalue weighted by Crippen LogP contribution is 2.49. The number of imidazole rings is 1. The fraction of sp³-hybridized carbons (Fsp3) is 0.400. The molecule has 5 heterocycles. The fourth-order valence-electron chi connectivity index (χ4n) is 5.90. The number of fused-ring (bicyclic) bond motifs is 2. The number of hydrogen-bond donors (Lipinski definition) is 1.